The van der Waals surface area contributed by atoms with Crippen LogP contribution in [0.3, 0.4) is 0 Å². The molecule has 4 atom stereocenters. The Kier molecular flexibility index (Phi) is 24.1. The lowest BCUT2D eigenvalue weighted by molar-refractivity contribution is 0.000563. The van der Waals surface area contributed by atoms with Gasteiger partial charge in [0, 0.05) is 109 Å². The fourth-order valence-electron chi connectivity index (χ4n) is 16.2. The van der Waals surface area contributed by atoms with Crippen molar-refractivity contribution >= 4 is 68.2 Å². The zero-order valence-corrected chi connectivity index (χ0v) is 74.5. The fourth-order valence-corrected chi connectivity index (χ4v) is 16.4. The molecule has 0 aliphatic rings. The van der Waals surface area contributed by atoms with Crippen LogP contribution in [0.25, 0.3) is 134 Å². The second kappa shape index (κ2) is 36.1. The molecule has 18 aromatic heterocycles. The number of nitrogens with zero attached hydrogens (tertiary/aromatic N) is 24. The Morgan fingerprint density at radius 2 is 0.712 bits per heavy atom. The van der Waals surface area contributed by atoms with Crippen LogP contribution in [0.1, 0.15) is 148 Å². The molecule has 32 nitrogen and oxygen atoms in total. The van der Waals surface area contributed by atoms with Gasteiger partial charge in [-0.2, -0.15) is 10.2 Å². The molecule has 0 amide bonds. The van der Waals surface area contributed by atoms with Crippen LogP contribution in [-0.2, 0) is 13.6 Å². The first-order valence-electron chi connectivity index (χ1n) is 41.8. The van der Waals surface area contributed by atoms with E-state index in [0.29, 0.717) is 90.2 Å². The van der Waals surface area contributed by atoms with Crippen LogP contribution in [0.2, 0.25) is 5.02 Å². The van der Waals surface area contributed by atoms with Crippen LogP contribution < -0.4 is 0 Å². The number of carboxylic acid groups (broad SMARTS) is 2. The van der Waals surface area contributed by atoms with Crippen molar-refractivity contribution in [2.24, 2.45) is 7.05 Å². The maximum atomic E-state index is 14.5. The van der Waals surface area contributed by atoms with Gasteiger partial charge in [-0.25, -0.2) is 62.6 Å². The zero-order valence-electron chi connectivity index (χ0n) is 73.7. The first-order chi connectivity index (χ1) is 63.4. The lowest BCUT2D eigenvalue weighted by atomic mass is 10.1. The van der Waals surface area contributed by atoms with Crippen LogP contribution in [0.4, 0.5) is 13.2 Å². The molecule has 0 saturated heterocycles. The van der Waals surface area contributed by atoms with Gasteiger partial charge in [0.1, 0.15) is 57.5 Å². The van der Waals surface area contributed by atoms with Gasteiger partial charge in [-0.15, -0.1) is 0 Å². The first-order valence-corrected chi connectivity index (χ1v) is 42.1. The van der Waals surface area contributed by atoms with Crippen molar-refractivity contribution in [2.75, 3.05) is 0 Å². The molecule has 0 saturated carbocycles. The number of rotatable bonds is 20. The highest BCUT2D eigenvalue weighted by atomic mass is 35.5. The Balaban J connectivity index is 0.000000123. The second-order valence-corrected chi connectivity index (χ2v) is 32.3. The molecule has 132 heavy (non-hydrogen) atoms. The minimum absolute atomic E-state index is 0.0201. The highest BCUT2D eigenvalue weighted by Crippen LogP contribution is 2.42. The smallest absolute Gasteiger partial charge is 0.338 e. The number of halogens is 4. The van der Waals surface area contributed by atoms with Gasteiger partial charge in [-0.3, -0.25) is 29.3 Å². The average Bonchev–Trinajstić information content (AvgIpc) is 1.62. The summed E-state index contributed by atoms with van der Waals surface area (Å²) in [5, 5.41) is 43.3. The average molecular weight is 1790 g/mol. The van der Waals surface area contributed by atoms with Gasteiger partial charge >= 0.3 is 11.9 Å². The molecule has 36 heteroatoms. The number of benzene rings is 2. The van der Waals surface area contributed by atoms with E-state index in [9.17, 15) is 33.0 Å². The van der Waals surface area contributed by atoms with Crippen LogP contribution in [0.15, 0.2) is 226 Å². The van der Waals surface area contributed by atoms with Crippen molar-refractivity contribution in [3.63, 3.8) is 0 Å². The molecule has 0 aliphatic heterocycles. The molecular weight excluding hydrogens is 1710 g/mol. The van der Waals surface area contributed by atoms with Crippen LogP contribution in [-0.4, -0.2) is 146 Å². The van der Waals surface area contributed by atoms with E-state index >= 15 is 0 Å². The van der Waals surface area contributed by atoms with Gasteiger partial charge in [-0.1, -0.05) is 68.6 Å². The topological polar surface area (TPSA) is 389 Å². The third kappa shape index (κ3) is 17.4. The Labute approximate surface area is 755 Å². The molecule has 0 aliphatic carbocycles. The largest absolute Gasteiger partial charge is 0.478 e. The molecule has 18 heterocycles. The molecule has 0 spiro atoms. The number of hydrogen-bond acceptors (Lipinski definition) is 24. The first kappa shape index (κ1) is 87.9. The van der Waals surface area contributed by atoms with E-state index in [4.69, 9.17) is 64.6 Å². The van der Waals surface area contributed by atoms with E-state index in [2.05, 4.69) is 73.4 Å². The number of aromatic carboxylic acids is 2. The number of fused-ring (bicyclic) bond motifs is 4. The molecule has 20 rings (SSSR count). The predicted molar refractivity (Wildman–Crippen MR) is 486 cm³/mol. The Morgan fingerprint density at radius 3 is 0.985 bits per heavy atom. The van der Waals surface area contributed by atoms with Crippen LogP contribution in [0.5, 0.6) is 0 Å². The lowest BCUT2D eigenvalue weighted by Gasteiger charge is -2.14. The number of hydrogen-bond donors (Lipinski definition) is 2. The van der Waals surface area contributed by atoms with Gasteiger partial charge in [-0.05, 0) is 167 Å². The zero-order chi connectivity index (χ0) is 92.8. The summed E-state index contributed by atoms with van der Waals surface area (Å²) in [6, 6.07) is 31.5. The summed E-state index contributed by atoms with van der Waals surface area (Å²) in [6.07, 6.45) is 28.6. The van der Waals surface area contributed by atoms with Gasteiger partial charge in [0.2, 0.25) is 0 Å². The Hall–Kier alpha value is -16.2. The van der Waals surface area contributed by atoms with E-state index in [1.165, 1.54) is 22.9 Å². The Morgan fingerprint density at radius 1 is 0.402 bits per heavy atom. The van der Waals surface area contributed by atoms with E-state index < -0.39 is 30.2 Å². The fraction of sp³-hybridized carbons (Fsp3) is 0.208. The molecule has 0 radical (unpaired) electrons. The third-order valence-corrected chi connectivity index (χ3v) is 23.1. The number of carboxylic acids is 2. The summed E-state index contributed by atoms with van der Waals surface area (Å²) in [5.74, 6) is -3.40. The van der Waals surface area contributed by atoms with Crippen molar-refractivity contribution in [1.82, 2.24) is 118 Å². The summed E-state index contributed by atoms with van der Waals surface area (Å²) >= 11 is 6.27. The van der Waals surface area contributed by atoms with Crippen LogP contribution >= 0.6 is 11.6 Å². The van der Waals surface area contributed by atoms with Crippen molar-refractivity contribution < 1.29 is 51.1 Å². The minimum Gasteiger partial charge on any atom is -0.478 e. The molecule has 20 aromatic rings. The maximum Gasteiger partial charge on any atom is 0.338 e. The molecule has 2 N–H and O–H groups in total. The van der Waals surface area contributed by atoms with Gasteiger partial charge in [0.05, 0.1) is 168 Å². The SMILES string of the molecule is Cc1noc(C)c1-c1cnc2c(-c3ccc(C(=O)O)c(Cl)c3)cn([C@@H](C)c3ccccn3)c2n1.Cc1noc(C)c1-c1cnc2c(-c3ccc(C(=O)O)c(F)c3)cn([C@@H](C)c3ccccn3)c2n1.Cc1noc(C)c1-c1cnc2c(-c3cnn(C)c3)cn([C@@H](C)c3ccccn3)c2n1.Cc1noc(C)c1-c1cnc2c(-c3cnn(CC(C)(F)F)c3)cn([C@@H](C)c3ccccn3)c2n1. The summed E-state index contributed by atoms with van der Waals surface area (Å²) in [7, 11) is 1.90. The standard InChI is InChI=1S/C25H20ClN5O3.C25H20FN5O3.C24H23F2N7O.C22H21N7O/c2*1-13-22(15(3)34-30-13)21-11-28-23-18(16-7-8-17(25(32)33)19(26)10-16)12-31(24(23)29-21)14(2)20-6-4-5-9-27-20;1-14-21(16(3)34-31-14)20-10-28-22-18(17-9-29-32(11-17)13-24(4,25)26)12-33(23(22)30-20)15(2)19-7-5-6-8-27-19;1-13-20(15(3)30-27-13)19-10-24-21-17(16-9-25-28(4)11-16)12-29(22(21)26-19)14(2)18-7-5-6-8-23-18/h2*4-12,14H,1-3H3,(H,32,33);5-12,15H,13H2,1-4H3;5-12,14H,1-4H3/t2*14-;15-;14-/m0000/s1. The van der Waals surface area contributed by atoms with E-state index in [0.717, 1.165) is 119 Å². The summed E-state index contributed by atoms with van der Waals surface area (Å²) < 4.78 is 73.9. The molecule has 0 bridgehead atoms. The summed E-state index contributed by atoms with van der Waals surface area (Å²) in [5.41, 5.74) is 23.4. The third-order valence-electron chi connectivity index (χ3n) is 22.8. The van der Waals surface area contributed by atoms with Gasteiger partial charge in [0.15, 0.2) is 22.6 Å². The number of aromatic nitrogens is 24. The lowest BCUT2D eigenvalue weighted by Crippen LogP contribution is -2.19. The quantitative estimate of drug-likeness (QED) is 0.0715. The van der Waals surface area contributed by atoms with E-state index in [-0.39, 0.29) is 40.3 Å². The highest BCUT2D eigenvalue weighted by molar-refractivity contribution is 6.34. The molecule has 2 aromatic carbocycles. The van der Waals surface area contributed by atoms with Gasteiger partial charge < -0.3 is 46.6 Å². The van der Waals surface area contributed by atoms with Gasteiger partial charge in [0.25, 0.3) is 5.92 Å². The monoisotopic (exact) mass is 1790 g/mol. The van der Waals surface area contributed by atoms with Crippen molar-refractivity contribution in [3.05, 3.63) is 299 Å². The molecule has 0 fully saturated rings. The van der Waals surface area contributed by atoms with Crippen molar-refractivity contribution in [2.45, 2.75) is 127 Å². The Bertz CT molecular complexity index is 7390. The van der Waals surface area contributed by atoms with Crippen molar-refractivity contribution in [1.29, 1.82) is 0 Å². The number of alkyl halides is 2. The minimum atomic E-state index is -2.87. The molecular formula is C96H84ClF3N24O8. The van der Waals surface area contributed by atoms with E-state index in [1.807, 2.05) is 201 Å². The maximum absolute atomic E-state index is 14.5. The number of carbonyl (C=O) groups is 2. The second-order valence-electron chi connectivity index (χ2n) is 31.9. The molecule has 0 unspecified atom stereocenters. The number of pyridine rings is 4. The summed E-state index contributed by atoms with van der Waals surface area (Å²) in [4.78, 5) is 79.3. The van der Waals surface area contributed by atoms with Crippen molar-refractivity contribution in [3.8, 4) is 89.5 Å². The number of aryl methyl sites for hydroxylation is 9. The van der Waals surface area contributed by atoms with Crippen LogP contribution in [0, 0.1) is 61.2 Å². The normalized spacial score (nSPS) is 12.5. The molecule has 664 valence electrons. The predicted octanol–water partition coefficient (Wildman–Crippen LogP) is 20.3. The highest BCUT2D eigenvalue weighted by Gasteiger charge is 2.30. The van der Waals surface area contributed by atoms with E-state index in [1.54, 1.807) is 84.8 Å². The summed E-state index contributed by atoms with van der Waals surface area (Å²) in [6.45, 7) is 23.4.